The zero-order chi connectivity index (χ0) is 42.9. The van der Waals surface area contributed by atoms with E-state index >= 15 is 4.39 Å². The van der Waals surface area contributed by atoms with E-state index in [1.807, 2.05) is 48.7 Å². The van der Waals surface area contributed by atoms with Gasteiger partial charge in [0, 0.05) is 59.9 Å². The first-order chi connectivity index (χ1) is 29.4. The Morgan fingerprint density at radius 3 is 2.49 bits per heavy atom. The largest absolute Gasteiger partial charge is 0.462 e. The van der Waals surface area contributed by atoms with Crippen LogP contribution in [0.5, 0.6) is 5.75 Å². The number of rotatable bonds is 17. The summed E-state index contributed by atoms with van der Waals surface area (Å²) in [5.41, 5.74) is 12.9. The van der Waals surface area contributed by atoms with Crippen LogP contribution in [0.25, 0.3) is 44.7 Å². The van der Waals surface area contributed by atoms with Gasteiger partial charge in [0.1, 0.15) is 11.6 Å². The van der Waals surface area contributed by atoms with Gasteiger partial charge in [-0.25, -0.2) is 14.4 Å². The SMILES string of the molecule is CCCN(CC(NC(O)OC)C(C)C)C(C)c1ncc(-c2ccc3c(c2)cc2n3C(c3ccccc3)Oc3c-2ccc(-c2cnc(C4CCCN4CC(N)C(C)C)[nH]2)c3F)[nH]1. The molecule has 6 N–H and O–H groups in total. The van der Waals surface area contributed by atoms with Crippen LogP contribution in [0.2, 0.25) is 0 Å². The lowest BCUT2D eigenvalue weighted by molar-refractivity contribution is -0.108. The molecule has 6 unspecified atom stereocenters. The van der Waals surface area contributed by atoms with Crippen molar-refractivity contribution in [3.8, 4) is 39.5 Å². The van der Waals surface area contributed by atoms with E-state index in [4.69, 9.17) is 25.2 Å². The summed E-state index contributed by atoms with van der Waals surface area (Å²) in [5.74, 6) is 2.17. The van der Waals surface area contributed by atoms with Gasteiger partial charge in [0.05, 0.1) is 47.1 Å². The van der Waals surface area contributed by atoms with Gasteiger partial charge in [-0.2, -0.15) is 0 Å². The summed E-state index contributed by atoms with van der Waals surface area (Å²) < 4.78 is 31.0. The maximum absolute atomic E-state index is 17.0. The molecule has 61 heavy (non-hydrogen) atoms. The molecule has 1 saturated heterocycles. The maximum atomic E-state index is 17.0. The van der Waals surface area contributed by atoms with Gasteiger partial charge < -0.3 is 34.8 Å². The molecule has 6 atom stereocenters. The molecular weight excluding hydrogens is 770 g/mol. The number of halogens is 1. The number of ether oxygens (including phenoxy) is 2. The number of hydrogen-bond donors (Lipinski definition) is 5. The highest BCUT2D eigenvalue weighted by atomic mass is 19.1. The third kappa shape index (κ3) is 8.64. The second kappa shape index (κ2) is 18.2. The number of benzene rings is 3. The summed E-state index contributed by atoms with van der Waals surface area (Å²) in [6, 6.07) is 22.5. The van der Waals surface area contributed by atoms with E-state index in [2.05, 4.69) is 95.5 Å². The van der Waals surface area contributed by atoms with Crippen molar-refractivity contribution in [2.75, 3.05) is 33.3 Å². The van der Waals surface area contributed by atoms with E-state index in [1.165, 1.54) is 7.11 Å². The van der Waals surface area contributed by atoms with Crippen LogP contribution in [-0.2, 0) is 4.74 Å². The van der Waals surface area contributed by atoms with Crippen molar-refractivity contribution in [3.05, 3.63) is 102 Å². The van der Waals surface area contributed by atoms with Crippen LogP contribution in [0.4, 0.5) is 4.39 Å². The molecular formula is C48H62FN9O3. The van der Waals surface area contributed by atoms with Crippen molar-refractivity contribution in [3.63, 3.8) is 0 Å². The zero-order valence-electron chi connectivity index (χ0n) is 36.5. The molecule has 5 heterocycles. The number of aliphatic hydroxyl groups is 1. The Morgan fingerprint density at radius 1 is 0.984 bits per heavy atom. The van der Waals surface area contributed by atoms with Gasteiger partial charge in [-0.3, -0.25) is 15.1 Å². The third-order valence-corrected chi connectivity index (χ3v) is 12.8. The lowest BCUT2D eigenvalue weighted by Crippen LogP contribution is -2.49. The van der Waals surface area contributed by atoms with E-state index < -0.39 is 18.5 Å². The summed E-state index contributed by atoms with van der Waals surface area (Å²) in [6.45, 7) is 16.3. The van der Waals surface area contributed by atoms with Crippen LogP contribution in [-0.4, -0.2) is 91.2 Å². The Hall–Kier alpha value is -4.89. The van der Waals surface area contributed by atoms with Crippen LogP contribution in [0.1, 0.15) is 96.3 Å². The number of imidazole rings is 2. The minimum absolute atomic E-state index is 0.00131. The predicted molar refractivity (Wildman–Crippen MR) is 239 cm³/mol. The molecule has 3 aromatic heterocycles. The molecule has 1 fully saturated rings. The quantitative estimate of drug-likeness (QED) is 0.0571. The first-order valence-corrected chi connectivity index (χ1v) is 22.0. The Balaban J connectivity index is 1.10. The number of fused-ring (bicyclic) bond motifs is 5. The van der Waals surface area contributed by atoms with Crippen molar-refractivity contribution in [1.29, 1.82) is 0 Å². The lowest BCUT2D eigenvalue weighted by atomic mass is 10.0. The van der Waals surface area contributed by atoms with E-state index in [9.17, 15) is 5.11 Å². The molecule has 0 amide bonds. The molecule has 6 aromatic rings. The number of methoxy groups -OCH3 is 1. The van der Waals surface area contributed by atoms with Crippen molar-refractivity contribution in [2.24, 2.45) is 17.6 Å². The molecule has 324 valence electrons. The fraction of sp³-hybridized carbons (Fsp3) is 0.458. The first kappa shape index (κ1) is 42.8. The number of nitrogens with two attached hydrogens (primary N) is 1. The van der Waals surface area contributed by atoms with Crippen molar-refractivity contribution in [2.45, 2.75) is 97.6 Å². The number of likely N-dealkylation sites (tertiary alicyclic amines) is 1. The summed E-state index contributed by atoms with van der Waals surface area (Å²) in [6.07, 6.45) is 5.05. The fourth-order valence-corrected chi connectivity index (χ4v) is 8.98. The Bertz CT molecular complexity index is 2410. The van der Waals surface area contributed by atoms with Crippen molar-refractivity contribution in [1.82, 2.24) is 39.6 Å². The molecule has 0 spiro atoms. The number of aromatic amines is 2. The molecule has 0 saturated carbocycles. The molecule has 2 aliphatic rings. The number of H-pyrrole nitrogens is 2. The molecule has 3 aromatic carbocycles. The van der Waals surface area contributed by atoms with Gasteiger partial charge in [-0.05, 0) is 81.4 Å². The average Bonchev–Trinajstić information content (AvgIpc) is 4.09. The number of nitrogens with one attached hydrogen (secondary N) is 3. The standard InChI is InChI=1S/C48H62FN9O3/c1-8-20-56(27-39(29(4)5)55-48(59)60-7)30(6)45-51-24-37(53-45)32-16-19-40-33(22-32)23-42-35-18-17-34(43(49)44(35)61-47(58(40)42)31-13-10-9-11-14-31)38-25-52-46(54-38)41-15-12-21-57(41)26-36(50)28(2)3/h9-11,13-14,16-19,22-25,28-30,36,39,41,47-48,55,59H,8,12,15,20-21,26-27,50H2,1-7H3,(H,51,53)(H,52,54). The number of aliphatic hydroxyl groups excluding tert-OH is 1. The highest BCUT2D eigenvalue weighted by molar-refractivity contribution is 5.92. The topological polar surface area (TPSA) is 146 Å². The normalized spacial score (nSPS) is 18.8. The van der Waals surface area contributed by atoms with Crippen LogP contribution < -0.4 is 15.8 Å². The van der Waals surface area contributed by atoms with Crippen molar-refractivity contribution < 1.29 is 19.0 Å². The van der Waals surface area contributed by atoms with Crippen LogP contribution >= 0.6 is 0 Å². The molecule has 0 bridgehead atoms. The molecule has 2 aliphatic heterocycles. The average molecular weight is 832 g/mol. The molecule has 0 aliphatic carbocycles. The summed E-state index contributed by atoms with van der Waals surface area (Å²) >= 11 is 0. The van der Waals surface area contributed by atoms with Gasteiger partial charge >= 0.3 is 0 Å². The van der Waals surface area contributed by atoms with Crippen LogP contribution in [0, 0.1) is 17.7 Å². The highest BCUT2D eigenvalue weighted by Gasteiger charge is 2.34. The second-order valence-corrected chi connectivity index (χ2v) is 17.6. The van der Waals surface area contributed by atoms with Crippen molar-refractivity contribution >= 4 is 10.9 Å². The van der Waals surface area contributed by atoms with Gasteiger partial charge in [-0.1, -0.05) is 71.0 Å². The number of aromatic nitrogens is 5. The van der Waals surface area contributed by atoms with Gasteiger partial charge in [0.2, 0.25) is 12.6 Å². The molecule has 13 heteroatoms. The monoisotopic (exact) mass is 831 g/mol. The molecule has 0 radical (unpaired) electrons. The minimum Gasteiger partial charge on any atom is -0.462 e. The van der Waals surface area contributed by atoms with Gasteiger partial charge in [-0.15, -0.1) is 0 Å². The van der Waals surface area contributed by atoms with E-state index in [0.29, 0.717) is 22.7 Å². The highest BCUT2D eigenvalue weighted by Crippen LogP contribution is 2.48. The zero-order valence-corrected chi connectivity index (χ0v) is 36.5. The summed E-state index contributed by atoms with van der Waals surface area (Å²) in [5, 5.41) is 14.4. The van der Waals surface area contributed by atoms with E-state index in [0.717, 1.165) is 90.5 Å². The minimum atomic E-state index is -1.03. The maximum Gasteiger partial charge on any atom is 0.213 e. The number of hydrogen-bond acceptors (Lipinski definition) is 9. The van der Waals surface area contributed by atoms with Crippen LogP contribution in [0.3, 0.4) is 0 Å². The van der Waals surface area contributed by atoms with E-state index in [1.54, 1.807) is 6.20 Å². The Labute approximate surface area is 358 Å². The third-order valence-electron chi connectivity index (χ3n) is 12.8. The Kier molecular flexibility index (Phi) is 12.8. The molecule has 12 nitrogen and oxygen atoms in total. The smallest absolute Gasteiger partial charge is 0.213 e. The first-order valence-electron chi connectivity index (χ1n) is 22.0. The summed E-state index contributed by atoms with van der Waals surface area (Å²) in [4.78, 5) is 21.5. The molecule has 8 rings (SSSR count). The predicted octanol–water partition coefficient (Wildman–Crippen LogP) is 8.60. The van der Waals surface area contributed by atoms with E-state index in [-0.39, 0.29) is 35.8 Å². The van der Waals surface area contributed by atoms with Gasteiger partial charge in [0.15, 0.2) is 11.6 Å². The number of nitrogens with zero attached hydrogens (tertiary/aromatic N) is 5. The second-order valence-electron chi connectivity index (χ2n) is 17.6. The van der Waals surface area contributed by atoms with Gasteiger partial charge in [0.25, 0.3) is 0 Å². The summed E-state index contributed by atoms with van der Waals surface area (Å²) in [7, 11) is 1.49. The fourth-order valence-electron chi connectivity index (χ4n) is 8.98. The Morgan fingerprint density at radius 2 is 1.75 bits per heavy atom. The van der Waals surface area contributed by atoms with Crippen LogP contribution in [0.15, 0.2) is 79.1 Å². The lowest BCUT2D eigenvalue weighted by Gasteiger charge is -2.34.